The number of carbonyl (C=O) groups excluding carboxylic acids is 1. The lowest BCUT2D eigenvalue weighted by atomic mass is 9.95. The Bertz CT molecular complexity index is 1270. The minimum Gasteiger partial charge on any atom is -0.383 e. The number of nitrogens with zero attached hydrogens (tertiary/aromatic N) is 3. The Morgan fingerprint density at radius 3 is 2.38 bits per heavy atom. The molecule has 6 nitrogen and oxygen atoms in total. The number of nitrogens with two attached hydrogens (primary N) is 2. The van der Waals surface area contributed by atoms with Crippen LogP contribution in [0.2, 0.25) is 0 Å². The number of hydrogen-bond donors (Lipinski definition) is 2. The third-order valence-electron chi connectivity index (χ3n) is 4.60. The van der Waals surface area contributed by atoms with Crippen LogP contribution in [0, 0.1) is 18.6 Å². The van der Waals surface area contributed by atoms with Crippen molar-refractivity contribution in [2.45, 2.75) is 6.92 Å². The molecule has 29 heavy (non-hydrogen) atoms. The van der Waals surface area contributed by atoms with Crippen molar-refractivity contribution in [1.82, 2.24) is 15.0 Å². The minimum atomic E-state index is -0.756. The van der Waals surface area contributed by atoms with Gasteiger partial charge in [0.05, 0.1) is 16.8 Å². The van der Waals surface area contributed by atoms with Crippen molar-refractivity contribution < 1.29 is 13.6 Å². The normalized spacial score (nSPS) is 11.0. The molecule has 0 spiro atoms. The molecule has 8 heteroatoms. The molecule has 2 heterocycles. The highest BCUT2D eigenvalue weighted by Crippen LogP contribution is 2.35. The van der Waals surface area contributed by atoms with Crippen molar-refractivity contribution in [1.29, 1.82) is 0 Å². The summed E-state index contributed by atoms with van der Waals surface area (Å²) in [5.41, 5.74) is 14.3. The largest absolute Gasteiger partial charge is 0.383 e. The summed E-state index contributed by atoms with van der Waals surface area (Å²) in [6.07, 6.45) is 1.47. The number of benzene rings is 2. The van der Waals surface area contributed by atoms with Crippen LogP contribution in [-0.4, -0.2) is 20.9 Å². The summed E-state index contributed by atoms with van der Waals surface area (Å²) in [4.78, 5) is 24.4. The number of carbonyl (C=O) groups is 1. The summed E-state index contributed by atoms with van der Waals surface area (Å²) in [6.45, 7) is 1.84. The summed E-state index contributed by atoms with van der Waals surface area (Å²) in [6, 6.07) is 9.91. The second-order valence-electron chi connectivity index (χ2n) is 6.53. The van der Waals surface area contributed by atoms with Crippen molar-refractivity contribution >= 4 is 22.6 Å². The smallest absolute Gasteiger partial charge is 0.252 e. The molecule has 2 aromatic carbocycles. The lowest BCUT2D eigenvalue weighted by Crippen LogP contribution is -2.15. The molecule has 2 aromatic heterocycles. The predicted molar refractivity (Wildman–Crippen MR) is 106 cm³/mol. The van der Waals surface area contributed by atoms with Gasteiger partial charge in [-0.1, -0.05) is 6.07 Å². The van der Waals surface area contributed by atoms with Gasteiger partial charge in [-0.05, 0) is 42.8 Å². The molecule has 4 rings (SSSR count). The minimum absolute atomic E-state index is 0.0155. The van der Waals surface area contributed by atoms with E-state index in [9.17, 15) is 13.6 Å². The summed E-state index contributed by atoms with van der Waals surface area (Å²) >= 11 is 0. The molecule has 0 bridgehead atoms. The maximum absolute atomic E-state index is 13.8. The van der Waals surface area contributed by atoms with Crippen LogP contribution in [0.5, 0.6) is 0 Å². The number of anilines is 1. The fourth-order valence-electron chi connectivity index (χ4n) is 3.21. The summed E-state index contributed by atoms with van der Waals surface area (Å²) < 4.78 is 27.7. The van der Waals surface area contributed by atoms with E-state index in [2.05, 4.69) is 15.0 Å². The van der Waals surface area contributed by atoms with E-state index in [-0.39, 0.29) is 22.6 Å². The highest BCUT2D eigenvalue weighted by atomic mass is 19.1. The zero-order valence-electron chi connectivity index (χ0n) is 15.3. The van der Waals surface area contributed by atoms with E-state index in [1.54, 1.807) is 12.1 Å². The summed E-state index contributed by atoms with van der Waals surface area (Å²) in [5, 5.41) is 0.791. The quantitative estimate of drug-likeness (QED) is 0.554. The number of pyridine rings is 1. The van der Waals surface area contributed by atoms with Gasteiger partial charge in [0.1, 0.15) is 23.8 Å². The van der Waals surface area contributed by atoms with Gasteiger partial charge in [-0.2, -0.15) is 0 Å². The number of amides is 1. The molecular weight excluding hydrogens is 376 g/mol. The van der Waals surface area contributed by atoms with E-state index in [0.29, 0.717) is 11.1 Å². The molecule has 0 aliphatic carbocycles. The molecule has 0 radical (unpaired) electrons. The van der Waals surface area contributed by atoms with Crippen molar-refractivity contribution in [2.75, 3.05) is 5.73 Å². The Morgan fingerprint density at radius 1 is 0.966 bits per heavy atom. The Balaban J connectivity index is 2.04. The second kappa shape index (κ2) is 6.90. The molecule has 0 aliphatic heterocycles. The standard InChI is InChI=1S/C21H15F2N5O/c1-10-15-6-11(2-3-18(15)27-9-26-10)16-8-17(21(25)29)20(24)28-19(16)12-4-13(22)7-14(23)5-12/h2-9H,1H3,(H2,24,28)(H2,25,29). The molecule has 0 unspecified atom stereocenters. The molecule has 0 fully saturated rings. The Kier molecular flexibility index (Phi) is 4.38. The monoisotopic (exact) mass is 391 g/mol. The summed E-state index contributed by atoms with van der Waals surface area (Å²) in [7, 11) is 0. The van der Waals surface area contributed by atoms with Gasteiger partial charge >= 0.3 is 0 Å². The first-order valence-electron chi connectivity index (χ1n) is 8.62. The molecule has 144 valence electrons. The van der Waals surface area contributed by atoms with Gasteiger partial charge in [-0.15, -0.1) is 0 Å². The van der Waals surface area contributed by atoms with Gasteiger partial charge in [0.25, 0.3) is 5.91 Å². The van der Waals surface area contributed by atoms with Crippen molar-refractivity contribution in [2.24, 2.45) is 5.73 Å². The van der Waals surface area contributed by atoms with Gasteiger partial charge in [0.15, 0.2) is 0 Å². The Hall–Kier alpha value is -3.94. The average Bonchev–Trinajstić information content (AvgIpc) is 2.67. The number of aryl methyl sites for hydroxylation is 1. The van der Waals surface area contributed by atoms with E-state index in [0.717, 1.165) is 34.8 Å². The van der Waals surface area contributed by atoms with Crippen LogP contribution in [0.15, 0.2) is 48.8 Å². The first-order valence-corrected chi connectivity index (χ1v) is 8.62. The van der Waals surface area contributed by atoms with Gasteiger partial charge < -0.3 is 11.5 Å². The average molecular weight is 391 g/mol. The fourth-order valence-corrected chi connectivity index (χ4v) is 3.21. The first-order chi connectivity index (χ1) is 13.8. The highest BCUT2D eigenvalue weighted by molar-refractivity contribution is 6.00. The van der Waals surface area contributed by atoms with Gasteiger partial charge in [0, 0.05) is 28.3 Å². The van der Waals surface area contributed by atoms with Gasteiger partial charge in [-0.25, -0.2) is 23.7 Å². The van der Waals surface area contributed by atoms with Crippen LogP contribution in [0.25, 0.3) is 33.3 Å². The van der Waals surface area contributed by atoms with Crippen LogP contribution in [0.1, 0.15) is 16.1 Å². The first kappa shape index (κ1) is 18.4. The van der Waals surface area contributed by atoms with Crippen LogP contribution in [0.4, 0.5) is 14.6 Å². The Labute approximate surface area is 164 Å². The lowest BCUT2D eigenvalue weighted by molar-refractivity contribution is 0.100. The number of nitrogen functional groups attached to an aromatic ring is 1. The van der Waals surface area contributed by atoms with Gasteiger partial charge in [0.2, 0.25) is 0 Å². The maximum Gasteiger partial charge on any atom is 0.252 e. The molecule has 0 saturated heterocycles. The third-order valence-corrected chi connectivity index (χ3v) is 4.60. The van der Waals surface area contributed by atoms with Crippen LogP contribution in [0.3, 0.4) is 0 Å². The summed E-state index contributed by atoms with van der Waals surface area (Å²) in [5.74, 6) is -2.39. The van der Waals surface area contributed by atoms with E-state index >= 15 is 0 Å². The topological polar surface area (TPSA) is 108 Å². The number of rotatable bonds is 3. The molecule has 0 saturated carbocycles. The zero-order valence-corrected chi connectivity index (χ0v) is 15.3. The molecule has 4 aromatic rings. The van der Waals surface area contributed by atoms with Crippen molar-refractivity contribution in [3.8, 4) is 22.4 Å². The Morgan fingerprint density at radius 2 is 1.69 bits per heavy atom. The molecule has 0 atom stereocenters. The number of primary amides is 1. The third kappa shape index (κ3) is 3.36. The SMILES string of the molecule is Cc1ncnc2ccc(-c3cc(C(N)=O)c(N)nc3-c3cc(F)cc(F)c3)cc12. The highest BCUT2D eigenvalue weighted by Gasteiger charge is 2.18. The van der Waals surface area contributed by atoms with E-state index in [4.69, 9.17) is 11.5 Å². The molecule has 0 aliphatic rings. The van der Waals surface area contributed by atoms with E-state index in [1.165, 1.54) is 12.4 Å². The molecule has 1 amide bonds. The molecular formula is C21H15F2N5O. The van der Waals surface area contributed by atoms with E-state index < -0.39 is 17.5 Å². The number of hydrogen-bond acceptors (Lipinski definition) is 5. The van der Waals surface area contributed by atoms with Crippen LogP contribution in [-0.2, 0) is 0 Å². The molecule has 4 N–H and O–H groups in total. The maximum atomic E-state index is 13.8. The predicted octanol–water partition coefficient (Wildman–Crippen LogP) is 3.63. The van der Waals surface area contributed by atoms with Crippen molar-refractivity contribution in [3.05, 3.63) is 71.7 Å². The van der Waals surface area contributed by atoms with Crippen LogP contribution < -0.4 is 11.5 Å². The fraction of sp³-hybridized carbons (Fsp3) is 0.0476. The second-order valence-corrected chi connectivity index (χ2v) is 6.53. The number of aromatic nitrogens is 3. The lowest BCUT2D eigenvalue weighted by Gasteiger charge is -2.14. The van der Waals surface area contributed by atoms with E-state index in [1.807, 2.05) is 13.0 Å². The number of fused-ring (bicyclic) bond motifs is 1. The number of halogens is 2. The van der Waals surface area contributed by atoms with Gasteiger partial charge in [-0.3, -0.25) is 4.79 Å². The van der Waals surface area contributed by atoms with Crippen molar-refractivity contribution in [3.63, 3.8) is 0 Å². The van der Waals surface area contributed by atoms with Crippen LogP contribution >= 0.6 is 0 Å². The zero-order chi connectivity index (χ0) is 20.7.